The van der Waals surface area contributed by atoms with Crippen molar-refractivity contribution >= 4 is 29.1 Å². The van der Waals surface area contributed by atoms with E-state index in [1.54, 1.807) is 13.1 Å². The molecule has 1 heterocycles. The molecule has 0 bridgehead atoms. The number of nitrogens with one attached hydrogen (secondary N) is 1. The molecule has 98 valence electrons. The minimum Gasteiger partial charge on any atom is -0.478 e. The Hall–Kier alpha value is -2.34. The smallest absolute Gasteiger partial charge is 0.337 e. The fraction of sp³-hybridized carbons (Fsp3) is 0.0833. The molecule has 0 fully saturated rings. The Labute approximate surface area is 113 Å². The average Bonchev–Trinajstić information content (AvgIpc) is 2.37. The van der Waals surface area contributed by atoms with Gasteiger partial charge in [0.1, 0.15) is 0 Å². The molecule has 0 atom stereocenters. The Morgan fingerprint density at radius 2 is 2.21 bits per heavy atom. The maximum absolute atomic E-state index is 11.8. The van der Waals surface area contributed by atoms with E-state index in [1.165, 1.54) is 29.1 Å². The number of hydrogen-bond donors (Lipinski definition) is 2. The summed E-state index contributed by atoms with van der Waals surface area (Å²) < 4.78 is 1.36. The Morgan fingerprint density at radius 3 is 2.89 bits per heavy atom. The van der Waals surface area contributed by atoms with Gasteiger partial charge in [-0.3, -0.25) is 4.79 Å². The SMILES string of the molecule is Cn1ccnc(Nc2ccc(Cl)c(C(=O)O)c2)c1=O. The number of nitrogens with zero attached hydrogens (tertiary/aromatic N) is 2. The quantitative estimate of drug-likeness (QED) is 0.896. The number of benzene rings is 1. The van der Waals surface area contributed by atoms with E-state index >= 15 is 0 Å². The monoisotopic (exact) mass is 279 g/mol. The zero-order chi connectivity index (χ0) is 14.0. The summed E-state index contributed by atoms with van der Waals surface area (Å²) in [5.74, 6) is -1.02. The first-order chi connectivity index (χ1) is 8.99. The maximum Gasteiger partial charge on any atom is 0.337 e. The predicted molar refractivity (Wildman–Crippen MR) is 71.2 cm³/mol. The van der Waals surface area contributed by atoms with Crippen molar-refractivity contribution in [3.63, 3.8) is 0 Å². The number of aryl methyl sites for hydroxylation is 1. The van der Waals surface area contributed by atoms with Crippen molar-refractivity contribution in [3.8, 4) is 0 Å². The lowest BCUT2D eigenvalue weighted by molar-refractivity contribution is 0.0697. The van der Waals surface area contributed by atoms with Crippen molar-refractivity contribution in [2.24, 2.45) is 7.05 Å². The molecule has 0 unspecified atom stereocenters. The normalized spacial score (nSPS) is 10.2. The molecule has 0 amide bonds. The third kappa shape index (κ3) is 2.74. The number of aromatic nitrogens is 2. The largest absolute Gasteiger partial charge is 0.478 e. The molecule has 0 saturated heterocycles. The molecule has 1 aromatic carbocycles. The lowest BCUT2D eigenvalue weighted by Crippen LogP contribution is -2.20. The average molecular weight is 280 g/mol. The number of halogens is 1. The maximum atomic E-state index is 11.8. The molecule has 0 aliphatic rings. The zero-order valence-electron chi connectivity index (χ0n) is 9.92. The molecule has 0 radical (unpaired) electrons. The van der Waals surface area contributed by atoms with E-state index in [0.717, 1.165) is 0 Å². The van der Waals surface area contributed by atoms with Crippen LogP contribution >= 0.6 is 11.6 Å². The number of rotatable bonds is 3. The molecular weight excluding hydrogens is 270 g/mol. The number of aromatic carboxylic acids is 1. The van der Waals surface area contributed by atoms with Crippen LogP contribution in [0.5, 0.6) is 0 Å². The summed E-state index contributed by atoms with van der Waals surface area (Å²) in [4.78, 5) is 26.6. The molecular formula is C12H10ClN3O3. The van der Waals surface area contributed by atoms with Gasteiger partial charge in [0, 0.05) is 25.1 Å². The highest BCUT2D eigenvalue weighted by molar-refractivity contribution is 6.33. The standard InChI is InChI=1S/C12H10ClN3O3/c1-16-5-4-14-10(11(16)17)15-7-2-3-9(13)8(6-7)12(18)19/h2-6H,1H3,(H,14,15)(H,18,19). The van der Waals surface area contributed by atoms with Crippen molar-refractivity contribution in [2.45, 2.75) is 0 Å². The minimum atomic E-state index is -1.14. The number of carbonyl (C=O) groups is 1. The van der Waals surface area contributed by atoms with Crippen LogP contribution in [0.25, 0.3) is 0 Å². The first-order valence-corrected chi connectivity index (χ1v) is 5.68. The van der Waals surface area contributed by atoms with E-state index in [1.807, 2.05) is 0 Å². The summed E-state index contributed by atoms with van der Waals surface area (Å²) >= 11 is 5.76. The van der Waals surface area contributed by atoms with Crippen molar-refractivity contribution < 1.29 is 9.90 Å². The van der Waals surface area contributed by atoms with Crippen molar-refractivity contribution in [1.82, 2.24) is 9.55 Å². The van der Waals surface area contributed by atoms with Gasteiger partial charge in [0.2, 0.25) is 0 Å². The molecule has 2 aromatic rings. The Bertz CT molecular complexity index is 697. The van der Waals surface area contributed by atoms with Crippen LogP contribution < -0.4 is 10.9 Å². The molecule has 1 aromatic heterocycles. The Balaban J connectivity index is 2.39. The second kappa shape index (κ2) is 5.11. The molecule has 2 N–H and O–H groups in total. The molecule has 0 aliphatic heterocycles. The summed E-state index contributed by atoms with van der Waals surface area (Å²) in [5.41, 5.74) is 0.0753. The van der Waals surface area contributed by atoms with E-state index in [-0.39, 0.29) is 22.0 Å². The van der Waals surface area contributed by atoms with Crippen LogP contribution in [0.3, 0.4) is 0 Å². The summed E-state index contributed by atoms with van der Waals surface area (Å²) in [6, 6.07) is 4.36. The molecule has 19 heavy (non-hydrogen) atoms. The number of carboxylic acids is 1. The number of carboxylic acid groups (broad SMARTS) is 1. The molecule has 0 spiro atoms. The van der Waals surface area contributed by atoms with Gasteiger partial charge in [-0.2, -0.15) is 0 Å². The highest BCUT2D eigenvalue weighted by Gasteiger charge is 2.10. The van der Waals surface area contributed by atoms with Gasteiger partial charge in [0.15, 0.2) is 5.82 Å². The molecule has 0 aliphatic carbocycles. The van der Waals surface area contributed by atoms with Gasteiger partial charge in [-0.25, -0.2) is 9.78 Å². The topological polar surface area (TPSA) is 84.2 Å². The lowest BCUT2D eigenvalue weighted by Gasteiger charge is -2.07. The van der Waals surface area contributed by atoms with Gasteiger partial charge in [-0.1, -0.05) is 11.6 Å². The molecule has 7 heteroatoms. The van der Waals surface area contributed by atoms with Gasteiger partial charge in [-0.05, 0) is 18.2 Å². The van der Waals surface area contributed by atoms with Gasteiger partial charge >= 0.3 is 5.97 Å². The van der Waals surface area contributed by atoms with Gasteiger partial charge in [0.25, 0.3) is 5.56 Å². The Morgan fingerprint density at radius 1 is 1.47 bits per heavy atom. The first kappa shape index (κ1) is 13.1. The summed E-state index contributed by atoms with van der Waals surface area (Å²) in [7, 11) is 1.60. The third-order valence-corrected chi connectivity index (χ3v) is 2.81. The van der Waals surface area contributed by atoms with Gasteiger partial charge < -0.3 is 15.0 Å². The second-order valence-corrected chi connectivity index (χ2v) is 4.22. The fourth-order valence-corrected chi connectivity index (χ4v) is 1.69. The highest BCUT2D eigenvalue weighted by Crippen LogP contribution is 2.21. The van der Waals surface area contributed by atoms with E-state index in [4.69, 9.17) is 16.7 Å². The zero-order valence-corrected chi connectivity index (χ0v) is 10.7. The van der Waals surface area contributed by atoms with E-state index < -0.39 is 5.97 Å². The van der Waals surface area contributed by atoms with Crippen LogP contribution in [0.4, 0.5) is 11.5 Å². The Kier molecular flexibility index (Phi) is 3.52. The summed E-state index contributed by atoms with van der Waals surface area (Å²) in [6.07, 6.45) is 3.00. The number of hydrogen-bond acceptors (Lipinski definition) is 4. The van der Waals surface area contributed by atoms with Gasteiger partial charge in [-0.15, -0.1) is 0 Å². The first-order valence-electron chi connectivity index (χ1n) is 5.30. The lowest BCUT2D eigenvalue weighted by atomic mass is 10.2. The van der Waals surface area contributed by atoms with Crippen LogP contribution in [0, 0.1) is 0 Å². The van der Waals surface area contributed by atoms with E-state index in [0.29, 0.717) is 5.69 Å². The number of anilines is 2. The van der Waals surface area contributed by atoms with Crippen LogP contribution in [-0.2, 0) is 7.05 Å². The summed E-state index contributed by atoms with van der Waals surface area (Å²) in [5, 5.41) is 11.9. The predicted octanol–water partition coefficient (Wildman–Crippen LogP) is 1.88. The van der Waals surface area contributed by atoms with Crippen LogP contribution in [0.2, 0.25) is 5.02 Å². The van der Waals surface area contributed by atoms with Gasteiger partial charge in [0.05, 0.1) is 10.6 Å². The minimum absolute atomic E-state index is 0.0422. The van der Waals surface area contributed by atoms with E-state index in [2.05, 4.69) is 10.3 Å². The van der Waals surface area contributed by atoms with E-state index in [9.17, 15) is 9.59 Å². The highest BCUT2D eigenvalue weighted by atomic mass is 35.5. The molecule has 2 rings (SSSR count). The fourth-order valence-electron chi connectivity index (χ4n) is 1.49. The van der Waals surface area contributed by atoms with Crippen molar-refractivity contribution in [2.75, 3.05) is 5.32 Å². The molecule has 0 saturated carbocycles. The van der Waals surface area contributed by atoms with Crippen molar-refractivity contribution in [1.29, 1.82) is 0 Å². The second-order valence-electron chi connectivity index (χ2n) is 3.82. The third-order valence-electron chi connectivity index (χ3n) is 2.48. The van der Waals surface area contributed by atoms with Crippen LogP contribution in [0.1, 0.15) is 10.4 Å². The summed E-state index contributed by atoms with van der Waals surface area (Å²) in [6.45, 7) is 0. The van der Waals surface area contributed by atoms with Crippen LogP contribution in [0.15, 0.2) is 35.4 Å². The van der Waals surface area contributed by atoms with Crippen molar-refractivity contribution in [3.05, 3.63) is 51.5 Å². The van der Waals surface area contributed by atoms with Crippen LogP contribution in [-0.4, -0.2) is 20.6 Å². The molecule has 6 nitrogen and oxygen atoms in total.